The van der Waals surface area contributed by atoms with Gasteiger partial charge < -0.3 is 0 Å². The van der Waals surface area contributed by atoms with E-state index < -0.39 is 6.15 Å². The summed E-state index contributed by atoms with van der Waals surface area (Å²) in [5, 5.41) is 8.26. The van der Waals surface area contributed by atoms with Crippen LogP contribution in [0.5, 0.6) is 0 Å². The van der Waals surface area contributed by atoms with Gasteiger partial charge in [-0.1, -0.05) is 121 Å². The first-order valence-electron chi connectivity index (χ1n) is 11.1. The summed E-state index contributed by atoms with van der Waals surface area (Å²) in [6, 6.07) is 50.9. The predicted octanol–water partition coefficient (Wildman–Crippen LogP) is 3.44. The summed E-state index contributed by atoms with van der Waals surface area (Å²) in [7, 11) is 0. The summed E-state index contributed by atoms with van der Waals surface area (Å²) in [6.07, 6.45) is 0.505. The topological polar surface area (TPSA) is 37.9 Å². The fourth-order valence-electron chi connectivity index (χ4n) is 4.58. The van der Waals surface area contributed by atoms with Gasteiger partial charge in [-0.3, -0.25) is 0 Å². The molecule has 2 nitrogen and oxygen atoms in total. The van der Waals surface area contributed by atoms with Crippen LogP contribution >= 0.6 is 0 Å². The van der Waals surface area contributed by atoms with E-state index in [4.69, 9.17) is 5.26 Å². The van der Waals surface area contributed by atoms with Gasteiger partial charge in [0.15, 0.2) is 12.3 Å². The second kappa shape index (κ2) is 10.8. The molecule has 5 aromatic rings. The van der Waals surface area contributed by atoms with Gasteiger partial charge in [0.1, 0.15) is 6.15 Å². The number of nitriles is 1. The number of pyridine rings is 1. The smallest absolute Gasteiger partial charge is 0.202 e. The molecular formula is C30H25BN2. The molecule has 0 fully saturated rings. The van der Waals surface area contributed by atoms with Crippen molar-refractivity contribution in [1.82, 2.24) is 0 Å². The van der Waals surface area contributed by atoms with Gasteiger partial charge in [0.2, 0.25) is 0 Å². The molecule has 0 atom stereocenters. The lowest BCUT2D eigenvalue weighted by Gasteiger charge is -2.44. The highest BCUT2D eigenvalue weighted by molar-refractivity contribution is 7.19. The van der Waals surface area contributed by atoms with Gasteiger partial charge in [-0.15, -0.1) is 0 Å². The molecule has 158 valence electrons. The van der Waals surface area contributed by atoms with Gasteiger partial charge in [0, 0.05) is 12.1 Å². The minimum Gasteiger partial charge on any atom is -0.202 e. The van der Waals surface area contributed by atoms with Crippen molar-refractivity contribution in [1.29, 1.82) is 5.26 Å². The van der Waals surface area contributed by atoms with Crippen molar-refractivity contribution in [2.75, 3.05) is 0 Å². The Bertz CT molecular complexity index is 1120. The quantitative estimate of drug-likeness (QED) is 0.408. The summed E-state index contributed by atoms with van der Waals surface area (Å²) in [5.74, 6) is 0. The average molecular weight is 424 g/mol. The first-order chi connectivity index (χ1) is 16.4. The van der Waals surface area contributed by atoms with E-state index in [1.54, 1.807) is 12.3 Å². The van der Waals surface area contributed by atoms with Crippen LogP contribution in [0, 0.1) is 11.3 Å². The van der Waals surface area contributed by atoms with Crippen molar-refractivity contribution in [3.8, 4) is 6.07 Å². The lowest BCUT2D eigenvalue weighted by atomic mass is 9.13. The second-order valence-electron chi connectivity index (χ2n) is 7.90. The Kier molecular flexibility index (Phi) is 7.10. The molecule has 0 saturated heterocycles. The van der Waals surface area contributed by atoms with E-state index in [1.165, 1.54) is 21.9 Å². The molecule has 4 aromatic carbocycles. The zero-order chi connectivity index (χ0) is 22.8. The molecule has 0 bridgehead atoms. The number of H-pyrrole nitrogens is 1. The van der Waals surface area contributed by atoms with Gasteiger partial charge in [-0.25, -0.2) is 4.98 Å². The molecule has 1 N–H and O–H groups in total. The standard InChI is InChI=1S/C24H20B.C6H4N2/c1-5-13-21(14-6-1)25(22-15-7-2-8-16-22,23-17-9-3-10-18-23)24-19-11-4-12-20-24;7-5-6-3-1-2-4-8-6/h1-20H;1-4H/q-1;/p+1. The second-order valence-corrected chi connectivity index (χ2v) is 7.90. The van der Waals surface area contributed by atoms with E-state index in [-0.39, 0.29) is 0 Å². The molecular weight excluding hydrogens is 399 g/mol. The van der Waals surface area contributed by atoms with Gasteiger partial charge in [-0.2, -0.15) is 27.1 Å². The third-order valence-corrected chi connectivity index (χ3v) is 6.03. The van der Waals surface area contributed by atoms with Crippen LogP contribution in [-0.2, 0) is 0 Å². The number of nitrogens with one attached hydrogen (secondary N) is 1. The Morgan fingerprint density at radius 3 is 1.03 bits per heavy atom. The number of hydrogen-bond acceptors (Lipinski definition) is 1. The Hall–Kier alpha value is -4.42. The van der Waals surface area contributed by atoms with Gasteiger partial charge in [0.05, 0.1) is 0 Å². The number of aromatic amines is 1. The molecule has 0 unspecified atom stereocenters. The fraction of sp³-hybridized carbons (Fsp3) is 0. The van der Waals surface area contributed by atoms with E-state index in [0.717, 1.165) is 0 Å². The number of benzene rings is 4. The zero-order valence-electron chi connectivity index (χ0n) is 18.4. The minimum absolute atomic E-state index is 0.590. The van der Waals surface area contributed by atoms with Gasteiger partial charge in [-0.05, 0) is 6.07 Å². The largest absolute Gasteiger partial charge is 0.281 e. The molecule has 0 amide bonds. The van der Waals surface area contributed by atoms with Crippen LogP contribution in [0.15, 0.2) is 146 Å². The minimum atomic E-state index is -1.22. The molecule has 3 heteroatoms. The van der Waals surface area contributed by atoms with E-state index in [0.29, 0.717) is 5.69 Å². The highest BCUT2D eigenvalue weighted by atomic mass is 14.7. The number of rotatable bonds is 4. The van der Waals surface area contributed by atoms with Crippen molar-refractivity contribution in [3.05, 3.63) is 151 Å². The highest BCUT2D eigenvalue weighted by Crippen LogP contribution is 2.09. The highest BCUT2D eigenvalue weighted by Gasteiger charge is 2.30. The molecule has 5 rings (SSSR count). The number of aromatic nitrogens is 1. The predicted molar refractivity (Wildman–Crippen MR) is 138 cm³/mol. The monoisotopic (exact) mass is 424 g/mol. The summed E-state index contributed by atoms with van der Waals surface area (Å²) in [4.78, 5) is 2.76. The van der Waals surface area contributed by atoms with Crippen LogP contribution in [0.1, 0.15) is 5.69 Å². The maximum Gasteiger partial charge on any atom is 0.281 e. The Labute approximate surface area is 195 Å². The maximum absolute atomic E-state index is 8.26. The molecule has 0 aliphatic carbocycles. The maximum atomic E-state index is 8.26. The zero-order valence-corrected chi connectivity index (χ0v) is 18.4. The lowest BCUT2D eigenvalue weighted by molar-refractivity contribution is -0.382. The van der Waals surface area contributed by atoms with Crippen LogP contribution < -0.4 is 26.8 Å². The summed E-state index contributed by atoms with van der Waals surface area (Å²) in [5.41, 5.74) is 5.95. The van der Waals surface area contributed by atoms with E-state index in [1.807, 2.05) is 18.2 Å². The average Bonchev–Trinajstić information content (AvgIpc) is 2.92. The molecule has 0 saturated carbocycles. The van der Waals surface area contributed by atoms with Gasteiger partial charge >= 0.3 is 0 Å². The first kappa shape index (κ1) is 21.8. The fourth-order valence-corrected chi connectivity index (χ4v) is 4.58. The van der Waals surface area contributed by atoms with Crippen LogP contribution in [0.4, 0.5) is 0 Å². The van der Waals surface area contributed by atoms with Crippen LogP contribution in [-0.4, -0.2) is 6.15 Å². The van der Waals surface area contributed by atoms with Gasteiger partial charge in [0.25, 0.3) is 5.69 Å². The number of hydrogen-bond donors (Lipinski definition) is 0. The summed E-state index contributed by atoms with van der Waals surface area (Å²) >= 11 is 0. The third-order valence-electron chi connectivity index (χ3n) is 6.03. The third kappa shape index (κ3) is 4.76. The van der Waals surface area contributed by atoms with E-state index >= 15 is 0 Å². The van der Waals surface area contributed by atoms with Crippen molar-refractivity contribution >= 4 is 28.0 Å². The van der Waals surface area contributed by atoms with Crippen LogP contribution in [0.2, 0.25) is 0 Å². The van der Waals surface area contributed by atoms with Crippen LogP contribution in [0.25, 0.3) is 0 Å². The van der Waals surface area contributed by atoms with Crippen molar-refractivity contribution in [2.45, 2.75) is 0 Å². The van der Waals surface area contributed by atoms with E-state index in [2.05, 4.69) is 126 Å². The molecule has 33 heavy (non-hydrogen) atoms. The molecule has 0 radical (unpaired) electrons. The molecule has 0 spiro atoms. The summed E-state index contributed by atoms with van der Waals surface area (Å²) in [6.45, 7) is 0. The van der Waals surface area contributed by atoms with E-state index in [9.17, 15) is 0 Å². The molecule has 0 aliphatic rings. The Morgan fingerprint density at radius 1 is 0.455 bits per heavy atom. The molecule has 0 aliphatic heterocycles. The van der Waals surface area contributed by atoms with Crippen LogP contribution in [0.3, 0.4) is 0 Å². The lowest BCUT2D eigenvalue weighted by Crippen LogP contribution is -2.74. The molecule has 1 aromatic heterocycles. The number of nitrogens with zero attached hydrogens (tertiary/aromatic N) is 1. The van der Waals surface area contributed by atoms with Crippen molar-refractivity contribution in [2.24, 2.45) is 0 Å². The Balaban J connectivity index is 0.000000275. The van der Waals surface area contributed by atoms with Crippen molar-refractivity contribution < 1.29 is 4.98 Å². The molecule has 1 heterocycles. The Morgan fingerprint density at radius 2 is 0.788 bits per heavy atom. The summed E-state index contributed by atoms with van der Waals surface area (Å²) < 4.78 is 0. The first-order valence-corrected chi connectivity index (χ1v) is 11.1. The van der Waals surface area contributed by atoms with Crippen molar-refractivity contribution in [3.63, 3.8) is 0 Å². The normalized spacial score (nSPS) is 10.4. The SMILES string of the molecule is N#Cc1cccc[nH+]1.c1ccc([B-](c2ccccc2)(c2ccccc2)c2ccccc2)cc1.